The van der Waals surface area contributed by atoms with Gasteiger partial charge in [0, 0.05) is 6.42 Å². The standard InChI is InChI=1S/C11H19NO/c13-11-7-5-6-10(11)12-8-3-1-2-4-9-12/h10H,1-9H2. The van der Waals surface area contributed by atoms with E-state index in [2.05, 4.69) is 4.90 Å². The average molecular weight is 181 g/mol. The van der Waals surface area contributed by atoms with E-state index >= 15 is 0 Å². The van der Waals surface area contributed by atoms with E-state index in [0.29, 0.717) is 11.8 Å². The molecule has 2 aliphatic rings. The van der Waals surface area contributed by atoms with E-state index in [1.165, 1.54) is 25.7 Å². The van der Waals surface area contributed by atoms with Crippen molar-refractivity contribution in [2.75, 3.05) is 13.1 Å². The fraction of sp³-hybridized carbons (Fsp3) is 0.909. The molecule has 1 unspecified atom stereocenters. The largest absolute Gasteiger partial charge is 0.298 e. The lowest BCUT2D eigenvalue weighted by molar-refractivity contribution is -0.121. The van der Waals surface area contributed by atoms with Gasteiger partial charge in [0.25, 0.3) is 0 Å². The Morgan fingerprint density at radius 1 is 1.00 bits per heavy atom. The van der Waals surface area contributed by atoms with Gasteiger partial charge < -0.3 is 0 Å². The summed E-state index contributed by atoms with van der Waals surface area (Å²) in [6.45, 7) is 2.33. The highest BCUT2D eigenvalue weighted by molar-refractivity contribution is 5.85. The topological polar surface area (TPSA) is 20.3 Å². The van der Waals surface area contributed by atoms with Crippen LogP contribution in [0.15, 0.2) is 0 Å². The van der Waals surface area contributed by atoms with Crippen LogP contribution in [-0.4, -0.2) is 29.8 Å². The minimum atomic E-state index is 0.304. The normalized spacial score (nSPS) is 32.0. The highest BCUT2D eigenvalue weighted by Gasteiger charge is 2.29. The predicted octanol–water partition coefficient (Wildman–Crippen LogP) is 1.98. The van der Waals surface area contributed by atoms with Crippen molar-refractivity contribution in [1.82, 2.24) is 4.90 Å². The molecule has 0 aromatic heterocycles. The molecule has 1 aliphatic carbocycles. The Hall–Kier alpha value is -0.370. The fourth-order valence-corrected chi connectivity index (χ4v) is 2.59. The second-order valence-corrected chi connectivity index (χ2v) is 4.32. The molecule has 0 spiro atoms. The lowest BCUT2D eigenvalue weighted by Crippen LogP contribution is -2.38. The molecule has 2 rings (SSSR count). The minimum Gasteiger partial charge on any atom is -0.298 e. The first-order valence-corrected chi connectivity index (χ1v) is 5.65. The minimum absolute atomic E-state index is 0.304. The molecule has 1 saturated carbocycles. The number of rotatable bonds is 1. The summed E-state index contributed by atoms with van der Waals surface area (Å²) < 4.78 is 0. The number of carbonyl (C=O) groups is 1. The third kappa shape index (κ3) is 2.11. The van der Waals surface area contributed by atoms with E-state index in [0.717, 1.165) is 32.4 Å². The number of carbonyl (C=O) groups excluding carboxylic acids is 1. The maximum atomic E-state index is 11.5. The molecule has 1 atom stereocenters. The Balaban J connectivity index is 1.93. The van der Waals surface area contributed by atoms with E-state index in [1.807, 2.05) is 0 Å². The molecule has 0 aromatic carbocycles. The first kappa shape index (κ1) is 9.20. The Morgan fingerprint density at radius 2 is 1.69 bits per heavy atom. The Labute approximate surface area is 80.3 Å². The fourth-order valence-electron chi connectivity index (χ4n) is 2.59. The van der Waals surface area contributed by atoms with Crippen LogP contribution >= 0.6 is 0 Å². The first-order chi connectivity index (χ1) is 6.38. The Morgan fingerprint density at radius 3 is 2.23 bits per heavy atom. The second-order valence-electron chi connectivity index (χ2n) is 4.32. The van der Waals surface area contributed by atoms with Gasteiger partial charge >= 0.3 is 0 Å². The van der Waals surface area contributed by atoms with Gasteiger partial charge in [-0.05, 0) is 38.8 Å². The van der Waals surface area contributed by atoms with Crippen LogP contribution < -0.4 is 0 Å². The molecule has 2 fully saturated rings. The molecule has 1 heterocycles. The monoisotopic (exact) mass is 181 g/mol. The summed E-state index contributed by atoms with van der Waals surface area (Å²) in [5, 5.41) is 0. The summed E-state index contributed by atoms with van der Waals surface area (Å²) in [7, 11) is 0. The molecule has 0 amide bonds. The zero-order chi connectivity index (χ0) is 9.10. The van der Waals surface area contributed by atoms with Gasteiger partial charge in [-0.2, -0.15) is 0 Å². The number of nitrogens with zero attached hydrogens (tertiary/aromatic N) is 1. The van der Waals surface area contributed by atoms with Gasteiger partial charge in [0.2, 0.25) is 0 Å². The average Bonchev–Trinajstić information content (AvgIpc) is 2.43. The molecular weight excluding hydrogens is 162 g/mol. The zero-order valence-corrected chi connectivity index (χ0v) is 8.30. The van der Waals surface area contributed by atoms with Crippen LogP contribution in [0.5, 0.6) is 0 Å². The van der Waals surface area contributed by atoms with Crippen molar-refractivity contribution < 1.29 is 4.79 Å². The van der Waals surface area contributed by atoms with Gasteiger partial charge in [-0.1, -0.05) is 12.8 Å². The van der Waals surface area contributed by atoms with Gasteiger partial charge in [0.05, 0.1) is 6.04 Å². The van der Waals surface area contributed by atoms with Gasteiger partial charge in [0.15, 0.2) is 0 Å². The van der Waals surface area contributed by atoms with E-state index in [9.17, 15) is 4.79 Å². The SMILES string of the molecule is O=C1CCCC1N1CCCCCC1. The molecule has 0 N–H and O–H groups in total. The molecule has 13 heavy (non-hydrogen) atoms. The van der Waals surface area contributed by atoms with Crippen LogP contribution in [0, 0.1) is 0 Å². The zero-order valence-electron chi connectivity index (χ0n) is 8.30. The number of Topliss-reactive ketones (excluding diaryl/α,β-unsaturated/α-hetero) is 1. The van der Waals surface area contributed by atoms with E-state index in [1.54, 1.807) is 0 Å². The van der Waals surface area contributed by atoms with Crippen molar-refractivity contribution in [1.29, 1.82) is 0 Å². The van der Waals surface area contributed by atoms with Crippen LogP contribution in [0.3, 0.4) is 0 Å². The van der Waals surface area contributed by atoms with Crippen molar-refractivity contribution in [3.8, 4) is 0 Å². The van der Waals surface area contributed by atoms with Crippen molar-refractivity contribution in [3.63, 3.8) is 0 Å². The summed E-state index contributed by atoms with van der Waals surface area (Å²) in [5.74, 6) is 0.502. The number of ketones is 1. The van der Waals surface area contributed by atoms with Crippen LogP contribution in [0.25, 0.3) is 0 Å². The quantitative estimate of drug-likeness (QED) is 0.616. The molecule has 0 aromatic rings. The van der Waals surface area contributed by atoms with Crippen molar-refractivity contribution in [3.05, 3.63) is 0 Å². The Kier molecular flexibility index (Phi) is 2.99. The second kappa shape index (κ2) is 4.23. The van der Waals surface area contributed by atoms with Crippen LogP contribution in [-0.2, 0) is 4.79 Å². The third-order valence-electron chi connectivity index (χ3n) is 3.35. The summed E-state index contributed by atoms with van der Waals surface area (Å²) >= 11 is 0. The first-order valence-electron chi connectivity index (χ1n) is 5.65. The number of hydrogen-bond acceptors (Lipinski definition) is 2. The molecule has 1 saturated heterocycles. The molecule has 1 aliphatic heterocycles. The maximum Gasteiger partial charge on any atom is 0.149 e. The molecule has 0 radical (unpaired) electrons. The summed E-state index contributed by atoms with van der Waals surface area (Å²) in [4.78, 5) is 14.0. The molecule has 2 heteroatoms. The van der Waals surface area contributed by atoms with Crippen molar-refractivity contribution in [2.24, 2.45) is 0 Å². The molecule has 74 valence electrons. The van der Waals surface area contributed by atoms with Crippen LogP contribution in [0.2, 0.25) is 0 Å². The molecular formula is C11H19NO. The van der Waals surface area contributed by atoms with Crippen LogP contribution in [0.4, 0.5) is 0 Å². The summed E-state index contributed by atoms with van der Waals surface area (Å²) in [5.41, 5.74) is 0. The highest BCUT2D eigenvalue weighted by Crippen LogP contribution is 2.22. The van der Waals surface area contributed by atoms with Gasteiger partial charge in [0.1, 0.15) is 5.78 Å². The Bertz CT molecular complexity index is 183. The smallest absolute Gasteiger partial charge is 0.149 e. The van der Waals surface area contributed by atoms with Gasteiger partial charge in [-0.15, -0.1) is 0 Å². The summed E-state index contributed by atoms with van der Waals surface area (Å²) in [6, 6.07) is 0.304. The maximum absolute atomic E-state index is 11.5. The van der Waals surface area contributed by atoms with E-state index < -0.39 is 0 Å². The number of hydrogen-bond donors (Lipinski definition) is 0. The van der Waals surface area contributed by atoms with Crippen molar-refractivity contribution >= 4 is 5.78 Å². The van der Waals surface area contributed by atoms with Gasteiger partial charge in [-0.25, -0.2) is 0 Å². The molecule has 0 bridgehead atoms. The number of likely N-dealkylation sites (tertiary alicyclic amines) is 1. The van der Waals surface area contributed by atoms with Crippen LogP contribution in [0.1, 0.15) is 44.9 Å². The lowest BCUT2D eigenvalue weighted by Gasteiger charge is -2.25. The van der Waals surface area contributed by atoms with E-state index in [-0.39, 0.29) is 0 Å². The van der Waals surface area contributed by atoms with E-state index in [4.69, 9.17) is 0 Å². The molecule has 2 nitrogen and oxygen atoms in total. The summed E-state index contributed by atoms with van der Waals surface area (Å²) in [6.07, 6.45) is 8.39. The van der Waals surface area contributed by atoms with Gasteiger partial charge in [-0.3, -0.25) is 9.69 Å². The predicted molar refractivity (Wildman–Crippen MR) is 52.7 cm³/mol. The highest BCUT2D eigenvalue weighted by atomic mass is 16.1. The van der Waals surface area contributed by atoms with Crippen molar-refractivity contribution in [2.45, 2.75) is 51.0 Å². The lowest BCUT2D eigenvalue weighted by atomic mass is 10.2. The third-order valence-corrected chi connectivity index (χ3v) is 3.35.